The molecule has 48 heavy (non-hydrogen) atoms. The van der Waals surface area contributed by atoms with Gasteiger partial charge in [0.15, 0.2) is 6.61 Å². The van der Waals surface area contributed by atoms with Crippen molar-refractivity contribution in [2.75, 3.05) is 19.7 Å². The van der Waals surface area contributed by atoms with E-state index in [1.54, 1.807) is 59.1 Å². The van der Waals surface area contributed by atoms with E-state index in [0.717, 1.165) is 11.1 Å². The Kier molecular flexibility index (Phi) is 8.33. The molecule has 2 atom stereocenters. The Morgan fingerprint density at radius 1 is 0.875 bits per heavy atom. The monoisotopic (exact) mass is 645 g/mol. The molecule has 2 N–H and O–H groups in total. The number of carbonyl (C=O) groups excluding carboxylic acids is 3. The van der Waals surface area contributed by atoms with Gasteiger partial charge >= 0.3 is 0 Å². The van der Waals surface area contributed by atoms with Crippen LogP contribution >= 0.6 is 0 Å². The fraction of sp³-hybridized carbons (Fsp3) is 0.189. The van der Waals surface area contributed by atoms with Gasteiger partial charge in [-0.1, -0.05) is 60.7 Å². The summed E-state index contributed by atoms with van der Waals surface area (Å²) in [6, 6.07) is 27.4. The second-order valence-corrected chi connectivity index (χ2v) is 11.8. The maximum absolute atomic E-state index is 15.2. The van der Waals surface area contributed by atoms with Crippen molar-refractivity contribution in [2.24, 2.45) is 7.05 Å². The molecule has 1 saturated heterocycles. The van der Waals surface area contributed by atoms with E-state index in [9.17, 15) is 14.4 Å². The lowest BCUT2D eigenvalue weighted by Crippen LogP contribution is -2.45. The highest BCUT2D eigenvalue weighted by molar-refractivity contribution is 5.97. The molecule has 4 aromatic carbocycles. The molecular weight excluding hydrogens is 613 g/mol. The molecule has 1 aromatic heterocycles. The molecule has 5 aromatic rings. The molecule has 0 radical (unpaired) electrons. The summed E-state index contributed by atoms with van der Waals surface area (Å²) in [5, 5.41) is 5.79. The maximum Gasteiger partial charge on any atom is 0.272 e. The van der Waals surface area contributed by atoms with E-state index in [0.29, 0.717) is 40.7 Å². The first-order valence-electron chi connectivity index (χ1n) is 15.5. The van der Waals surface area contributed by atoms with Gasteiger partial charge in [-0.25, -0.2) is 9.37 Å². The van der Waals surface area contributed by atoms with E-state index >= 15 is 4.39 Å². The van der Waals surface area contributed by atoms with Gasteiger partial charge in [0, 0.05) is 25.7 Å². The molecule has 0 saturated carbocycles. The lowest BCUT2D eigenvalue weighted by molar-refractivity contribution is -0.123. The molecule has 0 spiro atoms. The molecule has 10 nitrogen and oxygen atoms in total. The summed E-state index contributed by atoms with van der Waals surface area (Å²) in [4.78, 5) is 46.1. The number of benzene rings is 4. The molecule has 3 amide bonds. The summed E-state index contributed by atoms with van der Waals surface area (Å²) in [6.45, 7) is 0.405. The summed E-state index contributed by atoms with van der Waals surface area (Å²) in [5.41, 5.74) is 3.22. The van der Waals surface area contributed by atoms with Crippen LogP contribution in [0.4, 0.5) is 4.39 Å². The molecule has 242 valence electrons. The van der Waals surface area contributed by atoms with Crippen molar-refractivity contribution in [3.63, 3.8) is 0 Å². The fourth-order valence-corrected chi connectivity index (χ4v) is 5.98. The van der Waals surface area contributed by atoms with Crippen molar-refractivity contribution in [3.8, 4) is 34.0 Å². The topological polar surface area (TPSA) is 115 Å². The molecule has 6 bridgehead atoms. The van der Waals surface area contributed by atoms with Crippen LogP contribution < -0.4 is 20.1 Å². The number of hydrogen-bond acceptors (Lipinski definition) is 6. The molecular formula is C37H32FN5O5. The number of fused-ring (bicyclic) bond motifs is 7. The van der Waals surface area contributed by atoms with Crippen LogP contribution in [0.1, 0.15) is 26.4 Å². The van der Waals surface area contributed by atoms with E-state index in [4.69, 9.17) is 9.47 Å². The van der Waals surface area contributed by atoms with E-state index in [-0.39, 0.29) is 37.1 Å². The highest BCUT2D eigenvalue weighted by Gasteiger charge is 2.39. The number of amides is 3. The Labute approximate surface area is 276 Å². The third kappa shape index (κ3) is 6.35. The van der Waals surface area contributed by atoms with Crippen LogP contribution in [0.5, 0.6) is 11.5 Å². The molecule has 11 heteroatoms. The number of nitrogens with zero attached hydrogens (tertiary/aromatic N) is 3. The van der Waals surface area contributed by atoms with Gasteiger partial charge < -0.3 is 29.6 Å². The van der Waals surface area contributed by atoms with Gasteiger partial charge in [-0.05, 0) is 53.1 Å². The lowest BCUT2D eigenvalue weighted by atomic mass is 10.0. The second-order valence-electron chi connectivity index (χ2n) is 11.8. The molecule has 3 aliphatic heterocycles. The Morgan fingerprint density at radius 2 is 1.65 bits per heavy atom. The largest absolute Gasteiger partial charge is 0.486 e. The first-order valence-corrected chi connectivity index (χ1v) is 15.5. The summed E-state index contributed by atoms with van der Waals surface area (Å²) in [5.74, 6) is -0.275. The van der Waals surface area contributed by atoms with Gasteiger partial charge in [-0.15, -0.1) is 0 Å². The average molecular weight is 646 g/mol. The first-order chi connectivity index (χ1) is 23.3. The number of halogens is 1. The smallest absolute Gasteiger partial charge is 0.272 e. The zero-order valence-electron chi connectivity index (χ0n) is 26.1. The summed E-state index contributed by atoms with van der Waals surface area (Å²) >= 11 is 0. The summed E-state index contributed by atoms with van der Waals surface area (Å²) in [7, 11) is 1.79. The highest BCUT2D eigenvalue weighted by atomic mass is 19.1. The van der Waals surface area contributed by atoms with Crippen molar-refractivity contribution >= 4 is 17.7 Å². The van der Waals surface area contributed by atoms with Crippen molar-refractivity contribution in [2.45, 2.75) is 18.7 Å². The van der Waals surface area contributed by atoms with Crippen molar-refractivity contribution in [1.29, 1.82) is 0 Å². The molecule has 4 heterocycles. The van der Waals surface area contributed by atoms with Crippen LogP contribution in [0.25, 0.3) is 22.5 Å². The Bertz CT molecular complexity index is 2000. The van der Waals surface area contributed by atoms with Gasteiger partial charge in [0.05, 0.1) is 24.3 Å². The van der Waals surface area contributed by atoms with Crippen LogP contribution in [0, 0.1) is 5.82 Å². The minimum atomic E-state index is -0.690. The molecule has 3 aliphatic rings. The van der Waals surface area contributed by atoms with Crippen LogP contribution in [-0.2, 0) is 18.4 Å². The van der Waals surface area contributed by atoms with E-state index in [1.807, 2.05) is 48.5 Å². The van der Waals surface area contributed by atoms with E-state index in [2.05, 4.69) is 15.6 Å². The van der Waals surface area contributed by atoms with Crippen LogP contribution in [0.3, 0.4) is 0 Å². The Morgan fingerprint density at radius 3 is 2.46 bits per heavy atom. The number of rotatable bonds is 2. The molecule has 8 rings (SSSR count). The maximum atomic E-state index is 15.2. The quantitative estimate of drug-likeness (QED) is 0.290. The summed E-state index contributed by atoms with van der Waals surface area (Å²) < 4.78 is 29.0. The van der Waals surface area contributed by atoms with Crippen molar-refractivity contribution in [1.82, 2.24) is 25.1 Å². The SMILES string of the molecule is Cn1c(C(=O)N2C[C@@H]3NC(=O)c4cc(ccc4F)-c4cccc(c4)OCC(=O)NCc4ccc(cc4)O[C@H]3C2)cnc1-c1ccccc1. The van der Waals surface area contributed by atoms with Gasteiger partial charge in [0.25, 0.3) is 17.7 Å². The summed E-state index contributed by atoms with van der Waals surface area (Å²) in [6.07, 6.45) is 0.901. The minimum Gasteiger partial charge on any atom is -0.486 e. The molecule has 1 fully saturated rings. The van der Waals surface area contributed by atoms with E-state index in [1.165, 1.54) is 12.1 Å². The third-order valence-electron chi connectivity index (χ3n) is 8.56. The first kappa shape index (κ1) is 30.7. The van der Waals surface area contributed by atoms with E-state index < -0.39 is 23.9 Å². The second kappa shape index (κ2) is 13.0. The van der Waals surface area contributed by atoms with Gasteiger partial charge in [-0.3, -0.25) is 14.4 Å². The van der Waals surface area contributed by atoms with Crippen LogP contribution in [0.15, 0.2) is 103 Å². The average Bonchev–Trinajstić information content (AvgIpc) is 3.69. The zero-order valence-corrected chi connectivity index (χ0v) is 26.1. The van der Waals surface area contributed by atoms with Gasteiger partial charge in [-0.2, -0.15) is 0 Å². The highest BCUT2D eigenvalue weighted by Crippen LogP contribution is 2.28. The third-order valence-corrected chi connectivity index (χ3v) is 8.56. The van der Waals surface area contributed by atoms with Gasteiger partial charge in [0.2, 0.25) is 0 Å². The zero-order chi connectivity index (χ0) is 33.2. The number of nitrogens with one attached hydrogen (secondary N) is 2. The normalized spacial score (nSPS) is 17.8. The Hall–Kier alpha value is -5.97. The van der Waals surface area contributed by atoms with Crippen molar-refractivity contribution < 1.29 is 28.2 Å². The predicted molar refractivity (Wildman–Crippen MR) is 176 cm³/mol. The number of ether oxygens (including phenoxy) is 2. The van der Waals surface area contributed by atoms with Crippen molar-refractivity contribution in [3.05, 3.63) is 126 Å². The van der Waals surface area contributed by atoms with Crippen LogP contribution in [-0.4, -0.2) is 64.0 Å². The predicted octanol–water partition coefficient (Wildman–Crippen LogP) is 4.60. The molecule has 0 unspecified atom stereocenters. The fourth-order valence-electron chi connectivity index (χ4n) is 5.98. The number of hydrogen-bond donors (Lipinski definition) is 2. The lowest BCUT2D eigenvalue weighted by Gasteiger charge is -2.21. The Balaban J connectivity index is 1.20. The minimum absolute atomic E-state index is 0.131. The number of aromatic nitrogens is 2. The molecule has 0 aliphatic carbocycles. The van der Waals surface area contributed by atoms with Crippen LogP contribution in [0.2, 0.25) is 0 Å². The standard InChI is InChI=1S/C37H32FN5O5/c1-42-32(19-40-35(42)24-6-3-2-4-7-24)37(46)43-20-31-33(21-43)48-27-13-10-23(11-14-27)18-39-34(44)22-47-28-9-5-8-25(16-28)26-12-15-30(38)29(17-26)36(45)41-31/h2-17,19,31,33H,18,20-22H2,1H3,(H,39,44)(H,41,45)/t31-,33-/m0/s1. The van der Waals surface area contributed by atoms with Gasteiger partial charge in [0.1, 0.15) is 34.9 Å². The number of carbonyl (C=O) groups is 3. The number of likely N-dealkylation sites (tertiary alicyclic amines) is 1. The number of imidazole rings is 1.